The number of benzene rings is 1. The molecule has 2 N–H and O–H groups in total. The van der Waals surface area contributed by atoms with Gasteiger partial charge in [-0.05, 0) is 56.3 Å². The van der Waals surface area contributed by atoms with Crippen molar-refractivity contribution in [2.75, 3.05) is 39.8 Å². The highest BCUT2D eigenvalue weighted by atomic mass is 127. The largest absolute Gasteiger partial charge is 0.354 e. The number of nitrogens with one attached hydrogen (secondary N) is 2. The first-order valence-corrected chi connectivity index (χ1v) is 12.8. The molecule has 1 aromatic carbocycles. The number of nitrogens with zero attached hydrogens (tertiary/aromatic N) is 3. The number of likely N-dealkylation sites (tertiary alicyclic amines) is 1. The summed E-state index contributed by atoms with van der Waals surface area (Å²) in [6.45, 7) is 7.44. The van der Waals surface area contributed by atoms with Gasteiger partial charge in [-0.25, -0.2) is 8.42 Å². The average Bonchev–Trinajstić information content (AvgIpc) is 2.79. The summed E-state index contributed by atoms with van der Waals surface area (Å²) in [5.74, 6) is 0.772. The lowest BCUT2D eigenvalue weighted by Crippen LogP contribution is -2.48. The fourth-order valence-electron chi connectivity index (χ4n) is 4.26. The molecule has 0 atom stereocenters. The van der Waals surface area contributed by atoms with E-state index >= 15 is 0 Å². The zero-order chi connectivity index (χ0) is 21.4. The normalized spacial score (nSPS) is 19.6. The van der Waals surface area contributed by atoms with Gasteiger partial charge in [-0.2, -0.15) is 4.31 Å². The van der Waals surface area contributed by atoms with Crippen LogP contribution in [0.25, 0.3) is 0 Å². The van der Waals surface area contributed by atoms with Crippen LogP contribution in [0.4, 0.5) is 0 Å². The molecule has 0 spiro atoms. The molecule has 31 heavy (non-hydrogen) atoms. The molecule has 0 saturated carbocycles. The molecule has 2 heterocycles. The van der Waals surface area contributed by atoms with E-state index in [2.05, 4.69) is 27.4 Å². The van der Waals surface area contributed by atoms with Crippen molar-refractivity contribution in [1.82, 2.24) is 19.8 Å². The summed E-state index contributed by atoms with van der Waals surface area (Å²) >= 11 is 0. The topological polar surface area (TPSA) is 77.0 Å². The molecule has 0 radical (unpaired) electrons. The minimum absolute atomic E-state index is 0. The lowest BCUT2D eigenvalue weighted by Gasteiger charge is -2.32. The Balaban J connectivity index is 0.00000341. The van der Waals surface area contributed by atoms with Crippen molar-refractivity contribution < 1.29 is 8.42 Å². The Hall–Kier alpha value is -0.910. The van der Waals surface area contributed by atoms with Crippen LogP contribution in [-0.2, 0) is 16.6 Å². The molecule has 176 valence electrons. The second-order valence-corrected chi connectivity index (χ2v) is 10.2. The molecule has 3 rings (SSSR count). The Labute approximate surface area is 205 Å². The molecule has 2 fully saturated rings. The van der Waals surface area contributed by atoms with Crippen LogP contribution in [0.5, 0.6) is 0 Å². The number of hydrogen-bond acceptors (Lipinski definition) is 4. The molecule has 0 amide bonds. The van der Waals surface area contributed by atoms with Crippen LogP contribution in [-0.4, -0.2) is 69.4 Å². The van der Waals surface area contributed by atoms with Gasteiger partial charge in [-0.1, -0.05) is 25.5 Å². The van der Waals surface area contributed by atoms with E-state index in [9.17, 15) is 8.42 Å². The van der Waals surface area contributed by atoms with Gasteiger partial charge in [0.2, 0.25) is 10.0 Å². The van der Waals surface area contributed by atoms with Gasteiger partial charge < -0.3 is 15.5 Å². The van der Waals surface area contributed by atoms with E-state index < -0.39 is 10.0 Å². The molecule has 1 aromatic rings. The zero-order valence-electron chi connectivity index (χ0n) is 18.8. The second-order valence-electron chi connectivity index (χ2n) is 8.30. The molecule has 0 aliphatic carbocycles. The molecular weight excluding hydrogens is 525 g/mol. The summed E-state index contributed by atoms with van der Waals surface area (Å²) in [4.78, 5) is 7.25. The van der Waals surface area contributed by atoms with Gasteiger partial charge in [0.1, 0.15) is 0 Å². The van der Waals surface area contributed by atoms with Gasteiger partial charge in [0.05, 0.1) is 4.90 Å². The van der Waals surface area contributed by atoms with Crippen molar-refractivity contribution in [1.29, 1.82) is 0 Å². The summed E-state index contributed by atoms with van der Waals surface area (Å²) in [6.07, 6.45) is 6.43. The maximum Gasteiger partial charge on any atom is 0.243 e. The predicted octanol–water partition coefficient (Wildman–Crippen LogP) is 3.02. The van der Waals surface area contributed by atoms with Gasteiger partial charge in [0, 0.05) is 45.8 Å². The Morgan fingerprint density at radius 3 is 2.48 bits per heavy atom. The monoisotopic (exact) mass is 563 g/mol. The van der Waals surface area contributed by atoms with Crippen molar-refractivity contribution in [3.05, 3.63) is 29.8 Å². The maximum absolute atomic E-state index is 12.9. The van der Waals surface area contributed by atoms with E-state index in [4.69, 9.17) is 0 Å². The first-order chi connectivity index (χ1) is 14.5. The predicted molar refractivity (Wildman–Crippen MR) is 138 cm³/mol. The van der Waals surface area contributed by atoms with Crippen LogP contribution >= 0.6 is 24.0 Å². The Morgan fingerprint density at radius 2 is 1.84 bits per heavy atom. The number of sulfonamides is 1. The number of hydrogen-bond donors (Lipinski definition) is 2. The SMILES string of the molecule is CCCN1CCC(NC(=NC)NCc2cccc(S(=O)(=O)N3CCCCC3)c2)CC1.I. The minimum Gasteiger partial charge on any atom is -0.354 e. The highest BCUT2D eigenvalue weighted by molar-refractivity contribution is 14.0. The van der Waals surface area contributed by atoms with E-state index in [1.807, 2.05) is 12.1 Å². The van der Waals surface area contributed by atoms with Crippen LogP contribution in [0, 0.1) is 0 Å². The van der Waals surface area contributed by atoms with E-state index in [0.29, 0.717) is 30.6 Å². The molecule has 0 bridgehead atoms. The number of piperidine rings is 2. The fourth-order valence-corrected chi connectivity index (χ4v) is 5.85. The van der Waals surface area contributed by atoms with Crippen molar-refractivity contribution in [3.8, 4) is 0 Å². The van der Waals surface area contributed by atoms with E-state index in [1.54, 1.807) is 23.5 Å². The third kappa shape index (κ3) is 7.57. The standard InChI is InChI=1S/C22H37N5O2S.HI/c1-3-12-26-15-10-20(11-16-26)25-22(23-2)24-18-19-8-7-9-21(17-19)30(28,29)27-13-5-4-6-14-27;/h7-9,17,20H,3-6,10-16,18H2,1-2H3,(H2,23,24,25);1H. The molecular formula is C22H38IN5O2S. The Bertz CT molecular complexity index is 804. The summed E-state index contributed by atoms with van der Waals surface area (Å²) in [5, 5.41) is 6.87. The Kier molecular flexibility index (Phi) is 11.0. The quantitative estimate of drug-likeness (QED) is 0.303. The third-order valence-corrected chi connectivity index (χ3v) is 7.90. The molecule has 0 aromatic heterocycles. The molecule has 2 aliphatic heterocycles. The lowest BCUT2D eigenvalue weighted by molar-refractivity contribution is 0.206. The van der Waals surface area contributed by atoms with Crippen LogP contribution in [0.15, 0.2) is 34.2 Å². The molecule has 0 unspecified atom stereocenters. The third-order valence-electron chi connectivity index (χ3n) is 6.00. The zero-order valence-corrected chi connectivity index (χ0v) is 22.0. The Morgan fingerprint density at radius 1 is 1.13 bits per heavy atom. The van der Waals surface area contributed by atoms with E-state index in [1.165, 1.54) is 13.0 Å². The van der Waals surface area contributed by atoms with E-state index in [-0.39, 0.29) is 24.0 Å². The van der Waals surface area contributed by atoms with Crippen molar-refractivity contribution in [2.45, 2.75) is 62.9 Å². The van der Waals surface area contributed by atoms with Gasteiger partial charge >= 0.3 is 0 Å². The van der Waals surface area contributed by atoms with Gasteiger partial charge in [-0.3, -0.25) is 4.99 Å². The average molecular weight is 564 g/mol. The van der Waals surface area contributed by atoms with Gasteiger partial charge in [-0.15, -0.1) is 24.0 Å². The molecule has 7 nitrogen and oxygen atoms in total. The van der Waals surface area contributed by atoms with Crippen LogP contribution in [0.3, 0.4) is 0 Å². The highest BCUT2D eigenvalue weighted by Gasteiger charge is 2.26. The van der Waals surface area contributed by atoms with Crippen LogP contribution < -0.4 is 10.6 Å². The highest BCUT2D eigenvalue weighted by Crippen LogP contribution is 2.21. The fraction of sp³-hybridized carbons (Fsp3) is 0.682. The van der Waals surface area contributed by atoms with Crippen LogP contribution in [0.2, 0.25) is 0 Å². The first-order valence-electron chi connectivity index (χ1n) is 11.3. The lowest BCUT2D eigenvalue weighted by atomic mass is 10.1. The maximum atomic E-state index is 12.9. The first kappa shape index (κ1) is 26.3. The van der Waals surface area contributed by atoms with Crippen molar-refractivity contribution in [2.24, 2.45) is 4.99 Å². The molecule has 2 aliphatic rings. The molecule has 9 heteroatoms. The summed E-state index contributed by atoms with van der Waals surface area (Å²) in [5.41, 5.74) is 0.939. The molecule has 2 saturated heterocycles. The van der Waals surface area contributed by atoms with Gasteiger partial charge in [0.25, 0.3) is 0 Å². The summed E-state index contributed by atoms with van der Waals surface area (Å²) in [6, 6.07) is 7.69. The number of aliphatic imine (C=N–C) groups is 1. The van der Waals surface area contributed by atoms with Crippen molar-refractivity contribution in [3.63, 3.8) is 0 Å². The number of halogens is 1. The van der Waals surface area contributed by atoms with Crippen LogP contribution in [0.1, 0.15) is 51.0 Å². The summed E-state index contributed by atoms with van der Waals surface area (Å²) < 4.78 is 27.5. The smallest absolute Gasteiger partial charge is 0.243 e. The van der Waals surface area contributed by atoms with Crippen molar-refractivity contribution >= 4 is 40.0 Å². The minimum atomic E-state index is -3.41. The number of rotatable bonds is 7. The number of guanidine groups is 1. The summed E-state index contributed by atoms with van der Waals surface area (Å²) in [7, 11) is -1.63. The van der Waals surface area contributed by atoms with E-state index in [0.717, 1.165) is 56.7 Å². The van der Waals surface area contributed by atoms with Gasteiger partial charge in [0.15, 0.2) is 5.96 Å². The second kappa shape index (κ2) is 13.0.